The zero-order valence-electron chi connectivity index (χ0n) is 29.3. The molecule has 0 N–H and O–H groups in total. The molecular formula is C37H54ClN7O3. The molecule has 6 rings (SSSR count). The summed E-state index contributed by atoms with van der Waals surface area (Å²) in [6.07, 6.45) is 0. The van der Waals surface area contributed by atoms with Crippen LogP contribution < -0.4 is 4.74 Å². The smallest absolute Gasteiger partial charge is 0.269 e. The van der Waals surface area contributed by atoms with Crippen LogP contribution in [-0.4, -0.2) is 141 Å². The molecule has 0 amide bonds. The maximum atomic E-state index is 10.5. The van der Waals surface area contributed by atoms with Gasteiger partial charge < -0.3 is 19.4 Å². The van der Waals surface area contributed by atoms with Crippen molar-refractivity contribution in [1.29, 1.82) is 0 Å². The third-order valence-electron chi connectivity index (χ3n) is 9.23. The van der Waals surface area contributed by atoms with Crippen LogP contribution in [0.1, 0.15) is 16.7 Å². The van der Waals surface area contributed by atoms with Crippen molar-refractivity contribution in [3.05, 3.63) is 105 Å². The van der Waals surface area contributed by atoms with E-state index >= 15 is 0 Å². The quantitative estimate of drug-likeness (QED) is 0.245. The summed E-state index contributed by atoms with van der Waals surface area (Å²) in [5, 5.41) is 11.3. The maximum absolute atomic E-state index is 10.5. The van der Waals surface area contributed by atoms with Gasteiger partial charge in [0, 0.05) is 115 Å². The minimum Gasteiger partial charge on any atom is -0.497 e. The van der Waals surface area contributed by atoms with E-state index in [0.717, 1.165) is 62.1 Å². The Labute approximate surface area is 292 Å². The van der Waals surface area contributed by atoms with Crippen LogP contribution in [-0.2, 0) is 19.6 Å². The van der Waals surface area contributed by atoms with Crippen LogP contribution in [0, 0.1) is 10.1 Å². The van der Waals surface area contributed by atoms with E-state index in [2.05, 4.69) is 74.8 Å². The lowest BCUT2D eigenvalue weighted by atomic mass is 10.2. The van der Waals surface area contributed by atoms with Crippen molar-refractivity contribution in [2.45, 2.75) is 19.6 Å². The van der Waals surface area contributed by atoms with Gasteiger partial charge in [0.25, 0.3) is 5.69 Å². The van der Waals surface area contributed by atoms with Crippen molar-refractivity contribution >= 4 is 17.3 Å². The molecule has 3 aromatic rings. The second kappa shape index (κ2) is 19.8. The Kier molecular flexibility index (Phi) is 15.6. The molecule has 3 aliphatic heterocycles. The number of piperazine rings is 3. The topological polar surface area (TPSA) is 71.8 Å². The molecule has 10 nitrogen and oxygen atoms in total. The zero-order valence-corrected chi connectivity index (χ0v) is 30.0. The summed E-state index contributed by atoms with van der Waals surface area (Å²) in [5.74, 6) is 0.933. The van der Waals surface area contributed by atoms with Crippen molar-refractivity contribution in [3.8, 4) is 5.75 Å². The van der Waals surface area contributed by atoms with Crippen LogP contribution in [0.25, 0.3) is 0 Å². The van der Waals surface area contributed by atoms with Crippen molar-refractivity contribution in [1.82, 2.24) is 29.4 Å². The number of hydrogen-bond acceptors (Lipinski definition) is 9. The van der Waals surface area contributed by atoms with E-state index in [1.54, 1.807) is 19.2 Å². The molecule has 0 saturated carbocycles. The first-order valence-electron chi connectivity index (χ1n) is 17.0. The van der Waals surface area contributed by atoms with E-state index < -0.39 is 0 Å². The fourth-order valence-electron chi connectivity index (χ4n) is 5.84. The predicted octanol–water partition coefficient (Wildman–Crippen LogP) is 4.87. The molecule has 3 aliphatic rings. The highest BCUT2D eigenvalue weighted by molar-refractivity contribution is 6.30. The molecule has 0 spiro atoms. The lowest BCUT2D eigenvalue weighted by Gasteiger charge is -2.32. The Morgan fingerprint density at radius 1 is 0.562 bits per heavy atom. The number of nitro groups is 1. The molecule has 48 heavy (non-hydrogen) atoms. The van der Waals surface area contributed by atoms with Gasteiger partial charge in [-0.3, -0.25) is 24.8 Å². The second-order valence-electron chi connectivity index (χ2n) is 13.1. The molecule has 11 heteroatoms. The number of hydrogen-bond donors (Lipinski definition) is 0. The Bertz CT molecular complexity index is 1340. The Morgan fingerprint density at radius 2 is 0.875 bits per heavy atom. The number of nitro benzene ring substituents is 1. The van der Waals surface area contributed by atoms with E-state index in [9.17, 15) is 10.1 Å². The third kappa shape index (κ3) is 13.4. The standard InChI is InChI=1S/C13H20N2O.C12H17ClN2.C12H17N3O2/c1-14-7-9-15(10-8-14)11-12-3-5-13(16-2)6-4-12;1-14-6-8-15(9-7-14)10-11-2-4-12(13)5-3-11;1-13-6-8-14(9-7-13)10-11-2-4-12(5-3-11)15(16)17/h3-6H,7-11H2,1-2H3;2-5H,6-10H2,1H3;2-5H,6-10H2,1H3. The molecular weight excluding hydrogens is 626 g/mol. The second-order valence-corrected chi connectivity index (χ2v) is 13.6. The van der Waals surface area contributed by atoms with Gasteiger partial charge in [0.05, 0.1) is 12.0 Å². The van der Waals surface area contributed by atoms with Crippen molar-refractivity contribution in [2.75, 3.05) is 107 Å². The van der Waals surface area contributed by atoms with Gasteiger partial charge in [-0.2, -0.15) is 0 Å². The predicted molar refractivity (Wildman–Crippen MR) is 196 cm³/mol. The fraction of sp³-hybridized carbons (Fsp3) is 0.514. The van der Waals surface area contributed by atoms with Gasteiger partial charge >= 0.3 is 0 Å². The molecule has 0 bridgehead atoms. The number of methoxy groups -OCH3 is 1. The maximum Gasteiger partial charge on any atom is 0.269 e. The zero-order chi connectivity index (χ0) is 34.3. The van der Waals surface area contributed by atoms with E-state index in [1.807, 2.05) is 36.4 Å². The van der Waals surface area contributed by atoms with Gasteiger partial charge in [0.2, 0.25) is 0 Å². The molecule has 262 valence electrons. The van der Waals surface area contributed by atoms with E-state index in [0.29, 0.717) is 0 Å². The number of ether oxygens (including phenoxy) is 1. The average molecular weight is 680 g/mol. The van der Waals surface area contributed by atoms with Crippen LogP contribution >= 0.6 is 11.6 Å². The normalized spacial score (nSPS) is 18.7. The molecule has 0 unspecified atom stereocenters. The molecule has 0 atom stereocenters. The molecule has 3 aromatic carbocycles. The number of nitrogens with zero attached hydrogens (tertiary/aromatic N) is 7. The van der Waals surface area contributed by atoms with Crippen LogP contribution in [0.2, 0.25) is 5.02 Å². The highest BCUT2D eigenvalue weighted by Gasteiger charge is 2.16. The summed E-state index contributed by atoms with van der Waals surface area (Å²) in [7, 11) is 8.20. The minimum absolute atomic E-state index is 0.159. The third-order valence-corrected chi connectivity index (χ3v) is 9.48. The fourth-order valence-corrected chi connectivity index (χ4v) is 5.96. The van der Waals surface area contributed by atoms with Crippen LogP contribution in [0.15, 0.2) is 72.8 Å². The lowest BCUT2D eigenvalue weighted by Crippen LogP contribution is -2.43. The van der Waals surface area contributed by atoms with Crippen molar-refractivity contribution in [2.24, 2.45) is 0 Å². The molecule has 0 aromatic heterocycles. The summed E-state index contributed by atoms with van der Waals surface area (Å²) in [4.78, 5) is 24.6. The number of non-ortho nitro benzene ring substituents is 1. The van der Waals surface area contributed by atoms with Crippen molar-refractivity contribution < 1.29 is 9.66 Å². The molecule has 3 heterocycles. The first kappa shape index (κ1) is 37.7. The monoisotopic (exact) mass is 679 g/mol. The molecule has 0 aliphatic carbocycles. The van der Waals surface area contributed by atoms with Crippen molar-refractivity contribution in [3.63, 3.8) is 0 Å². The van der Waals surface area contributed by atoms with Gasteiger partial charge in [-0.1, -0.05) is 48.0 Å². The molecule has 3 fully saturated rings. The Hall–Kier alpha value is -3.09. The average Bonchev–Trinajstić information content (AvgIpc) is 3.10. The summed E-state index contributed by atoms with van der Waals surface area (Å²) < 4.78 is 5.15. The minimum atomic E-state index is -0.361. The summed E-state index contributed by atoms with van der Waals surface area (Å²) in [6.45, 7) is 16.7. The Morgan fingerprint density at radius 3 is 1.19 bits per heavy atom. The lowest BCUT2D eigenvalue weighted by molar-refractivity contribution is -0.384. The summed E-state index contributed by atoms with van der Waals surface area (Å²) >= 11 is 5.85. The number of halogens is 1. The molecule has 0 radical (unpaired) electrons. The highest BCUT2D eigenvalue weighted by atomic mass is 35.5. The SMILES string of the molecule is CN1CCN(Cc2ccc(Cl)cc2)CC1.CN1CCN(Cc2ccc([N+](=O)[O-])cc2)CC1.COc1ccc(CN2CCN(C)CC2)cc1. The number of rotatable bonds is 8. The van der Waals surface area contributed by atoms with E-state index in [-0.39, 0.29) is 10.6 Å². The van der Waals surface area contributed by atoms with Gasteiger partial charge in [-0.15, -0.1) is 0 Å². The van der Waals surface area contributed by atoms with Gasteiger partial charge in [0.1, 0.15) is 5.75 Å². The molecule has 3 saturated heterocycles. The van der Waals surface area contributed by atoms with E-state index in [1.165, 1.54) is 63.5 Å². The van der Waals surface area contributed by atoms with Crippen LogP contribution in [0.4, 0.5) is 5.69 Å². The number of benzene rings is 3. The Balaban J connectivity index is 0.000000163. The summed E-state index contributed by atoms with van der Waals surface area (Å²) in [6, 6.07) is 23.4. The first-order valence-corrected chi connectivity index (χ1v) is 17.4. The highest BCUT2D eigenvalue weighted by Crippen LogP contribution is 2.16. The van der Waals surface area contributed by atoms with E-state index in [4.69, 9.17) is 16.3 Å². The van der Waals surface area contributed by atoms with Gasteiger partial charge in [-0.05, 0) is 62.1 Å². The summed E-state index contributed by atoms with van der Waals surface area (Å²) in [5.41, 5.74) is 4.02. The van der Waals surface area contributed by atoms with Crippen LogP contribution in [0.3, 0.4) is 0 Å². The number of likely N-dealkylation sites (N-methyl/N-ethyl adjacent to an activating group) is 3. The van der Waals surface area contributed by atoms with Gasteiger partial charge in [0.15, 0.2) is 0 Å². The van der Waals surface area contributed by atoms with Gasteiger partial charge in [-0.25, -0.2) is 0 Å². The van der Waals surface area contributed by atoms with Crippen LogP contribution in [0.5, 0.6) is 5.75 Å². The first-order chi connectivity index (χ1) is 23.2. The largest absolute Gasteiger partial charge is 0.497 e.